The van der Waals surface area contributed by atoms with Crippen LogP contribution in [-0.2, 0) is 15.6 Å². The Bertz CT molecular complexity index is 1120. The normalized spacial score (nSPS) is 12.1. The van der Waals surface area contributed by atoms with E-state index in [1.54, 1.807) is 0 Å². The Labute approximate surface area is 272 Å². The molecular weight excluding hydrogens is 637 g/mol. The Morgan fingerprint density at radius 3 is 0.977 bits per heavy atom. The van der Waals surface area contributed by atoms with Crippen molar-refractivity contribution in [2.75, 3.05) is 12.3 Å². The van der Waals surface area contributed by atoms with Gasteiger partial charge < -0.3 is 17.3 Å². The van der Waals surface area contributed by atoms with Crippen LogP contribution < -0.4 is 21.2 Å². The summed E-state index contributed by atoms with van der Waals surface area (Å²) in [6.45, 7) is 2.13. The molecule has 230 valence electrons. The van der Waals surface area contributed by atoms with Crippen molar-refractivity contribution in [1.82, 2.24) is 0 Å². The maximum atomic E-state index is 9.75. The van der Waals surface area contributed by atoms with E-state index in [0.717, 1.165) is 6.42 Å². The summed E-state index contributed by atoms with van der Waals surface area (Å²) in [5, 5.41) is 5.89. The quantitative estimate of drug-likeness (QED) is 0.0946. The van der Waals surface area contributed by atoms with Gasteiger partial charge in [0.05, 0.1) is 0 Å². The van der Waals surface area contributed by atoms with Crippen molar-refractivity contribution in [2.24, 2.45) is 0 Å². The van der Waals surface area contributed by atoms with Crippen LogP contribution >= 0.6 is 15.8 Å². The summed E-state index contributed by atoms with van der Waals surface area (Å²) in [5.41, 5.74) is 0. The van der Waals surface area contributed by atoms with E-state index in [1.165, 1.54) is 40.0 Å². The number of halogens is 4. The van der Waals surface area contributed by atoms with Gasteiger partial charge in [-0.2, -0.15) is 0 Å². The number of rotatable bonds is 9. The predicted molar refractivity (Wildman–Crippen MR) is 184 cm³/mol. The number of hydrogen-bond acceptors (Lipinski definition) is 0. The van der Waals surface area contributed by atoms with Crippen molar-refractivity contribution in [1.29, 1.82) is 0 Å². The SMILES string of the molecule is CCCC=[C]=[Fe+].F[B-](F)(F)F.[CH]1[CH][CH][CH][CH]1.c1ccc(P(CCP(c2ccccc2)c2ccccc2)c2ccccc2)cc1. The van der Waals surface area contributed by atoms with Crippen molar-refractivity contribution in [2.45, 2.75) is 19.8 Å². The Hall–Kier alpha value is -2.31. The van der Waals surface area contributed by atoms with Gasteiger partial charge in [0, 0.05) is 0 Å². The molecule has 4 aromatic rings. The minimum Gasteiger partial charge on any atom is -0.418 e. The Morgan fingerprint density at radius 2 is 0.795 bits per heavy atom. The molecule has 0 N–H and O–H groups in total. The number of allylic oxidation sites excluding steroid dienone is 1. The fourth-order valence-corrected chi connectivity index (χ4v) is 9.48. The molecule has 0 amide bonds. The van der Waals surface area contributed by atoms with Gasteiger partial charge >= 0.3 is 53.2 Å². The molecule has 5 radical (unpaired) electrons. The molecule has 0 spiro atoms. The molecule has 0 saturated heterocycles. The van der Waals surface area contributed by atoms with Crippen LogP contribution in [0.2, 0.25) is 0 Å². The first-order valence-electron chi connectivity index (χ1n) is 14.3. The second-order valence-electron chi connectivity index (χ2n) is 9.20. The summed E-state index contributed by atoms with van der Waals surface area (Å²) in [7, 11) is -6.70. The summed E-state index contributed by atoms with van der Waals surface area (Å²) in [6.07, 6.45) is 16.7. The van der Waals surface area contributed by atoms with Gasteiger partial charge in [-0.15, -0.1) is 0 Å². The number of hydrogen-bond donors (Lipinski definition) is 0. The Balaban J connectivity index is 0.000000345. The molecule has 0 aromatic heterocycles. The smallest absolute Gasteiger partial charge is 0.418 e. The summed E-state index contributed by atoms with van der Waals surface area (Å²) >= 11 is 3.42. The van der Waals surface area contributed by atoms with Crippen LogP contribution in [-0.4, -0.2) is 24.2 Å². The van der Waals surface area contributed by atoms with Gasteiger partial charge in [0.25, 0.3) is 0 Å². The Morgan fingerprint density at radius 1 is 0.545 bits per heavy atom. The molecule has 1 fully saturated rings. The molecule has 1 aliphatic rings. The van der Waals surface area contributed by atoms with E-state index in [1.807, 2.05) is 38.2 Å². The Kier molecular flexibility index (Phi) is 19.9. The molecule has 44 heavy (non-hydrogen) atoms. The van der Waals surface area contributed by atoms with Crippen LogP contribution in [0.3, 0.4) is 0 Å². The zero-order chi connectivity index (χ0) is 31.9. The van der Waals surface area contributed by atoms with E-state index in [9.17, 15) is 17.3 Å². The van der Waals surface area contributed by atoms with E-state index in [4.69, 9.17) is 0 Å². The zero-order valence-corrected chi connectivity index (χ0v) is 27.6. The molecule has 0 unspecified atom stereocenters. The van der Waals surface area contributed by atoms with Crippen LogP contribution in [0.25, 0.3) is 0 Å². The van der Waals surface area contributed by atoms with Crippen molar-refractivity contribution in [3.63, 3.8) is 0 Å². The van der Waals surface area contributed by atoms with E-state index in [0.29, 0.717) is 0 Å². The maximum Gasteiger partial charge on any atom is 0.673 e. The van der Waals surface area contributed by atoms with Crippen molar-refractivity contribution >= 4 is 48.9 Å². The van der Waals surface area contributed by atoms with Gasteiger partial charge in [-0.25, -0.2) is 0 Å². The van der Waals surface area contributed by atoms with Crippen molar-refractivity contribution < 1.29 is 32.8 Å². The maximum absolute atomic E-state index is 9.75. The third-order valence-electron chi connectivity index (χ3n) is 5.88. The first-order chi connectivity index (χ1) is 21.3. The molecule has 1 saturated carbocycles. The molecule has 0 bridgehead atoms. The van der Waals surface area contributed by atoms with Crippen molar-refractivity contribution in [3.8, 4) is 0 Å². The third-order valence-corrected chi connectivity index (χ3v) is 11.5. The van der Waals surface area contributed by atoms with Gasteiger partial charge in [-0.1, -0.05) is 121 Å². The second-order valence-corrected chi connectivity index (χ2v) is 14.2. The van der Waals surface area contributed by atoms with Crippen LogP contribution in [0.4, 0.5) is 17.3 Å². The van der Waals surface area contributed by atoms with Gasteiger partial charge in [-0.3, -0.25) is 0 Å². The molecule has 1 aliphatic carbocycles. The monoisotopic (exact) mass is 674 g/mol. The molecule has 0 heterocycles. The van der Waals surface area contributed by atoms with E-state index >= 15 is 0 Å². The third kappa shape index (κ3) is 17.3. The molecular formula is C36H37BF4FeP2. The summed E-state index contributed by atoms with van der Waals surface area (Å²) in [6, 6.07) is 44.2. The molecule has 4 aromatic carbocycles. The average molecular weight is 674 g/mol. The van der Waals surface area contributed by atoms with Crippen LogP contribution in [0.15, 0.2) is 127 Å². The predicted octanol–water partition coefficient (Wildman–Crippen LogP) is 8.86. The zero-order valence-electron chi connectivity index (χ0n) is 24.7. The number of unbranched alkanes of at least 4 members (excludes halogenated alkanes) is 1. The van der Waals surface area contributed by atoms with E-state index < -0.39 is 7.25 Å². The fourth-order valence-electron chi connectivity index (χ4n) is 3.96. The number of benzene rings is 4. The topological polar surface area (TPSA) is 0 Å². The summed E-state index contributed by atoms with van der Waals surface area (Å²) in [5.74, 6) is 0. The molecule has 0 aliphatic heterocycles. The van der Waals surface area contributed by atoms with Crippen LogP contribution in [0, 0.1) is 32.1 Å². The van der Waals surface area contributed by atoms with Gasteiger partial charge in [0.2, 0.25) is 0 Å². The minimum absolute atomic E-state index is 0.348. The standard InChI is InChI=1S/C26H24P2.C5H5.C5H8.BF4.Fe/c1-5-13-23(14-6-1)27(24-15-7-2-8-16-24)21-22-28(25-17-9-3-10-18-25)26-19-11-4-12-20-26;1-2-4-5-3-1;1-3-5-4-2;2-1(3,4)5;/h1-20H,21-22H2;1-5H;4H,3,5H2,1H3;;/q;;;-1;+1. The molecule has 8 heteroatoms. The first-order valence-corrected chi connectivity index (χ1v) is 17.9. The minimum atomic E-state index is -6.00. The summed E-state index contributed by atoms with van der Waals surface area (Å²) in [4.78, 5) is 0. The van der Waals surface area contributed by atoms with E-state index in [2.05, 4.69) is 148 Å². The molecule has 5 rings (SSSR count). The first kappa shape index (κ1) is 37.9. The van der Waals surface area contributed by atoms with Gasteiger partial charge in [0.15, 0.2) is 0 Å². The van der Waals surface area contributed by atoms with Crippen LogP contribution in [0.1, 0.15) is 19.8 Å². The summed E-state index contributed by atoms with van der Waals surface area (Å²) < 4.78 is 41.7. The molecule has 0 nitrogen and oxygen atoms in total. The average Bonchev–Trinajstić information content (AvgIpc) is 3.64. The second kappa shape index (κ2) is 23.1. The van der Waals surface area contributed by atoms with Crippen LogP contribution in [0.5, 0.6) is 0 Å². The molecule has 0 atom stereocenters. The van der Waals surface area contributed by atoms with Crippen molar-refractivity contribution in [3.05, 3.63) is 160 Å². The van der Waals surface area contributed by atoms with Gasteiger partial charge in [-0.05, 0) is 81.5 Å². The van der Waals surface area contributed by atoms with Gasteiger partial charge in [0.1, 0.15) is 0 Å². The fraction of sp³-hybridized carbons (Fsp3) is 0.139. The van der Waals surface area contributed by atoms with E-state index in [-0.39, 0.29) is 15.8 Å². The largest absolute Gasteiger partial charge is 0.673 e.